The van der Waals surface area contributed by atoms with Crippen molar-refractivity contribution in [3.05, 3.63) is 76.6 Å². The Balaban J connectivity index is 1.83. The molecule has 29 heavy (non-hydrogen) atoms. The first-order chi connectivity index (χ1) is 13.8. The van der Waals surface area contributed by atoms with Crippen molar-refractivity contribution in [3.63, 3.8) is 0 Å². The van der Waals surface area contributed by atoms with Crippen LogP contribution in [0.5, 0.6) is 5.75 Å². The molecule has 3 aromatic rings. The van der Waals surface area contributed by atoms with Crippen LogP contribution in [0.1, 0.15) is 5.56 Å². The maximum atomic E-state index is 12.8. The zero-order valence-corrected chi connectivity index (χ0v) is 16.6. The summed E-state index contributed by atoms with van der Waals surface area (Å²) in [5, 5.41) is 6.21. The Kier molecular flexibility index (Phi) is 5.79. The van der Waals surface area contributed by atoms with Gasteiger partial charge in [0.1, 0.15) is 12.3 Å². The Hall–Kier alpha value is -3.46. The van der Waals surface area contributed by atoms with Gasteiger partial charge < -0.3 is 10.1 Å². The van der Waals surface area contributed by atoms with Gasteiger partial charge in [-0.15, -0.1) is 0 Å². The summed E-state index contributed by atoms with van der Waals surface area (Å²) in [4.78, 5) is 24.4. The van der Waals surface area contributed by atoms with Gasteiger partial charge in [0, 0.05) is 11.8 Å². The highest BCUT2D eigenvalue weighted by Crippen LogP contribution is 2.19. The van der Waals surface area contributed by atoms with E-state index in [4.69, 9.17) is 4.74 Å². The fraction of sp³-hybridized carbons (Fsp3) is 0.150. The van der Waals surface area contributed by atoms with Crippen LogP contribution in [0.3, 0.4) is 0 Å². The predicted molar refractivity (Wildman–Crippen MR) is 107 cm³/mol. The first-order valence-corrected chi connectivity index (χ1v) is 10.1. The van der Waals surface area contributed by atoms with Gasteiger partial charge in [-0.25, -0.2) is 13.1 Å². The molecule has 0 aliphatic carbocycles. The standard InChI is InChI=1S/C20H19N3O5S/c1-14-4-3-5-17(12-14)29(26,27)19-10-11-20(25)23(22-19)13-18(24)21-15-6-8-16(28-2)9-7-15/h3-12H,13H2,1-2H3,(H,21,24). The third-order valence-corrected chi connectivity index (χ3v) is 5.73. The molecule has 150 valence electrons. The SMILES string of the molecule is COc1ccc(NC(=O)Cn2nc(S(=O)(=O)c3cccc(C)c3)ccc2=O)cc1. The third-order valence-electron chi connectivity index (χ3n) is 4.08. The van der Waals surface area contributed by atoms with Gasteiger partial charge in [0.25, 0.3) is 5.56 Å². The maximum Gasteiger partial charge on any atom is 0.267 e. The molecule has 0 fully saturated rings. The molecule has 3 rings (SSSR count). The zero-order chi connectivity index (χ0) is 21.0. The predicted octanol–water partition coefficient (Wildman–Crippen LogP) is 2.03. The molecule has 1 heterocycles. The normalized spacial score (nSPS) is 11.1. The highest BCUT2D eigenvalue weighted by atomic mass is 32.2. The van der Waals surface area contributed by atoms with Gasteiger partial charge in [-0.05, 0) is 55.0 Å². The summed E-state index contributed by atoms with van der Waals surface area (Å²) in [6, 6.07) is 15.2. The molecule has 0 aliphatic rings. The molecule has 1 amide bonds. The Morgan fingerprint density at radius 2 is 1.83 bits per heavy atom. The van der Waals surface area contributed by atoms with E-state index in [1.807, 2.05) is 0 Å². The van der Waals surface area contributed by atoms with Gasteiger partial charge in [0.15, 0.2) is 5.03 Å². The van der Waals surface area contributed by atoms with E-state index < -0.39 is 27.8 Å². The first-order valence-electron chi connectivity index (χ1n) is 8.63. The van der Waals surface area contributed by atoms with Crippen LogP contribution in [-0.4, -0.2) is 31.2 Å². The van der Waals surface area contributed by atoms with Crippen LogP contribution < -0.4 is 15.6 Å². The molecular weight excluding hydrogens is 394 g/mol. The number of hydrogen-bond donors (Lipinski definition) is 1. The summed E-state index contributed by atoms with van der Waals surface area (Å²) in [5.41, 5.74) is 0.698. The van der Waals surface area contributed by atoms with Crippen LogP contribution in [0, 0.1) is 6.92 Å². The van der Waals surface area contributed by atoms with Crippen molar-refractivity contribution in [1.82, 2.24) is 9.78 Å². The van der Waals surface area contributed by atoms with Crippen LogP contribution in [0.4, 0.5) is 5.69 Å². The molecule has 9 heteroatoms. The Morgan fingerprint density at radius 1 is 1.10 bits per heavy atom. The van der Waals surface area contributed by atoms with E-state index in [-0.39, 0.29) is 9.92 Å². The smallest absolute Gasteiger partial charge is 0.267 e. The van der Waals surface area contributed by atoms with Crippen molar-refractivity contribution >= 4 is 21.4 Å². The van der Waals surface area contributed by atoms with E-state index in [1.165, 1.54) is 19.2 Å². The van der Waals surface area contributed by atoms with Crippen LogP contribution >= 0.6 is 0 Å². The Bertz CT molecular complexity index is 1200. The van der Waals surface area contributed by atoms with Crippen LogP contribution in [0.25, 0.3) is 0 Å². The molecule has 0 saturated heterocycles. The van der Waals surface area contributed by atoms with E-state index >= 15 is 0 Å². The van der Waals surface area contributed by atoms with Crippen molar-refractivity contribution in [1.29, 1.82) is 0 Å². The van der Waals surface area contributed by atoms with E-state index in [0.29, 0.717) is 11.4 Å². The van der Waals surface area contributed by atoms with E-state index in [1.54, 1.807) is 43.3 Å². The van der Waals surface area contributed by atoms with Gasteiger partial charge >= 0.3 is 0 Å². The largest absolute Gasteiger partial charge is 0.497 e. The minimum absolute atomic E-state index is 0.0675. The molecule has 0 aliphatic heterocycles. The average Bonchev–Trinajstić information content (AvgIpc) is 2.70. The van der Waals surface area contributed by atoms with Crippen LogP contribution in [0.15, 0.2) is 75.4 Å². The first kappa shape index (κ1) is 20.3. The summed E-state index contributed by atoms with van der Waals surface area (Å²) < 4.78 is 31.5. The number of nitrogens with one attached hydrogen (secondary N) is 1. The summed E-state index contributed by atoms with van der Waals surface area (Å²) in [6.07, 6.45) is 0. The number of anilines is 1. The number of methoxy groups -OCH3 is 1. The fourth-order valence-corrected chi connectivity index (χ4v) is 3.89. The number of hydrogen-bond acceptors (Lipinski definition) is 6. The Morgan fingerprint density at radius 3 is 2.48 bits per heavy atom. The average molecular weight is 413 g/mol. The number of carbonyl (C=O) groups is 1. The minimum Gasteiger partial charge on any atom is -0.497 e. The van der Waals surface area contributed by atoms with Crippen LogP contribution in [-0.2, 0) is 21.2 Å². The lowest BCUT2D eigenvalue weighted by atomic mass is 10.2. The highest BCUT2D eigenvalue weighted by molar-refractivity contribution is 7.91. The van der Waals surface area contributed by atoms with Gasteiger partial charge in [0.2, 0.25) is 15.7 Å². The Labute approximate surface area is 167 Å². The lowest BCUT2D eigenvalue weighted by Crippen LogP contribution is -2.30. The van der Waals surface area contributed by atoms with Gasteiger partial charge in [-0.1, -0.05) is 12.1 Å². The third kappa shape index (κ3) is 4.69. The molecule has 0 bridgehead atoms. The van der Waals surface area contributed by atoms with Gasteiger partial charge in [-0.2, -0.15) is 5.10 Å². The van der Waals surface area contributed by atoms with Crippen molar-refractivity contribution in [2.45, 2.75) is 23.4 Å². The zero-order valence-electron chi connectivity index (χ0n) is 15.8. The van der Waals surface area contributed by atoms with Crippen LogP contribution in [0.2, 0.25) is 0 Å². The van der Waals surface area contributed by atoms with Crippen molar-refractivity contribution in [2.24, 2.45) is 0 Å². The number of rotatable bonds is 6. The molecule has 0 spiro atoms. The number of aromatic nitrogens is 2. The number of sulfone groups is 1. The van der Waals surface area contributed by atoms with E-state index in [2.05, 4.69) is 10.4 Å². The summed E-state index contributed by atoms with van der Waals surface area (Å²) in [7, 11) is -2.39. The van der Waals surface area contributed by atoms with Gasteiger partial charge in [0.05, 0.1) is 12.0 Å². The van der Waals surface area contributed by atoms with Gasteiger partial charge in [-0.3, -0.25) is 9.59 Å². The number of ether oxygens (including phenoxy) is 1. The highest BCUT2D eigenvalue weighted by Gasteiger charge is 2.21. The molecule has 8 nitrogen and oxygen atoms in total. The second-order valence-corrected chi connectivity index (χ2v) is 8.16. The molecular formula is C20H19N3O5S. The number of amides is 1. The number of benzene rings is 2. The summed E-state index contributed by atoms with van der Waals surface area (Å²) >= 11 is 0. The summed E-state index contributed by atoms with van der Waals surface area (Å²) in [5.74, 6) is 0.116. The van der Waals surface area contributed by atoms with E-state index in [9.17, 15) is 18.0 Å². The molecule has 0 unspecified atom stereocenters. The lowest BCUT2D eigenvalue weighted by molar-refractivity contribution is -0.117. The molecule has 2 aromatic carbocycles. The van der Waals surface area contributed by atoms with E-state index in [0.717, 1.165) is 22.4 Å². The lowest BCUT2D eigenvalue weighted by Gasteiger charge is -2.09. The van der Waals surface area contributed by atoms with Crippen molar-refractivity contribution in [3.8, 4) is 5.75 Å². The van der Waals surface area contributed by atoms with Crippen molar-refractivity contribution < 1.29 is 17.9 Å². The summed E-state index contributed by atoms with van der Waals surface area (Å²) in [6.45, 7) is 1.35. The number of nitrogens with zero attached hydrogens (tertiary/aromatic N) is 2. The van der Waals surface area contributed by atoms with Crippen molar-refractivity contribution in [2.75, 3.05) is 12.4 Å². The molecule has 0 saturated carbocycles. The molecule has 1 aromatic heterocycles. The molecule has 0 radical (unpaired) electrons. The quantitative estimate of drug-likeness (QED) is 0.663. The number of carbonyl (C=O) groups excluding carboxylic acids is 1. The minimum atomic E-state index is -3.92. The fourth-order valence-electron chi connectivity index (χ4n) is 2.60. The number of aryl methyl sites for hydroxylation is 1. The molecule has 0 atom stereocenters. The second-order valence-electron chi connectivity index (χ2n) is 6.26. The second kappa shape index (κ2) is 8.27. The topological polar surface area (TPSA) is 107 Å². The molecule has 1 N–H and O–H groups in total. The maximum absolute atomic E-state index is 12.8. The monoisotopic (exact) mass is 413 g/mol.